The van der Waals surface area contributed by atoms with Crippen molar-refractivity contribution in [1.29, 1.82) is 0 Å². The number of benzene rings is 1. The Kier molecular flexibility index (Phi) is 9.77. The number of phenolic OH excluding ortho intramolecular Hbond substituents is 1. The molecule has 25 heavy (non-hydrogen) atoms. The molecule has 1 aromatic rings. The summed E-state index contributed by atoms with van der Waals surface area (Å²) in [5.41, 5.74) is 4.54. The number of para-hydroxylation sites is 2. The SMILES string of the molecule is CCCC(C)C1(CC)C(=O)N=C([O-])NC1=O.Nc1ccccc1O.[Na+]. The van der Waals surface area contributed by atoms with Crippen LogP contribution >= 0.6 is 0 Å². The van der Waals surface area contributed by atoms with Gasteiger partial charge in [-0.05, 0) is 30.9 Å². The second-order valence-corrected chi connectivity index (χ2v) is 5.75. The fraction of sp³-hybridized carbons (Fsp3) is 0.471. The second kappa shape index (κ2) is 10.4. The number of rotatable bonds is 4. The van der Waals surface area contributed by atoms with Gasteiger partial charge in [0.1, 0.15) is 11.2 Å². The first-order valence-electron chi connectivity index (χ1n) is 7.94. The van der Waals surface area contributed by atoms with Gasteiger partial charge >= 0.3 is 29.6 Å². The molecule has 0 aromatic heterocycles. The number of phenols is 1. The fourth-order valence-electron chi connectivity index (χ4n) is 2.79. The first-order chi connectivity index (χ1) is 11.3. The first-order valence-corrected chi connectivity index (χ1v) is 7.94. The zero-order chi connectivity index (χ0) is 18.3. The molecule has 1 aromatic carbocycles. The van der Waals surface area contributed by atoms with Crippen molar-refractivity contribution >= 4 is 23.5 Å². The first kappa shape index (κ1) is 23.4. The molecule has 4 N–H and O–H groups in total. The molecule has 2 rings (SSSR count). The zero-order valence-electron chi connectivity index (χ0n) is 15.2. The number of nitrogens with zero attached hydrogens (tertiary/aromatic N) is 1. The summed E-state index contributed by atoms with van der Waals surface area (Å²) in [7, 11) is 0. The summed E-state index contributed by atoms with van der Waals surface area (Å²) in [6, 6.07) is 5.86. The van der Waals surface area contributed by atoms with Gasteiger partial charge in [0.25, 0.3) is 5.91 Å². The van der Waals surface area contributed by atoms with E-state index in [0.717, 1.165) is 12.8 Å². The number of nitrogens with two attached hydrogens (primary N) is 1. The van der Waals surface area contributed by atoms with E-state index in [0.29, 0.717) is 12.1 Å². The Morgan fingerprint density at radius 2 is 1.92 bits per heavy atom. The van der Waals surface area contributed by atoms with E-state index < -0.39 is 23.3 Å². The number of amides is 2. The predicted molar refractivity (Wildman–Crippen MR) is 89.9 cm³/mol. The third kappa shape index (κ3) is 5.45. The number of carbonyl (C=O) groups excluding carboxylic acids is 2. The summed E-state index contributed by atoms with van der Waals surface area (Å²) in [6.07, 6.45) is 2.02. The molecule has 132 valence electrons. The van der Waals surface area contributed by atoms with Gasteiger partial charge in [-0.25, -0.2) is 4.99 Å². The Labute approximate surface area is 170 Å². The minimum absolute atomic E-state index is 0. The van der Waals surface area contributed by atoms with Gasteiger partial charge in [0.2, 0.25) is 5.91 Å². The van der Waals surface area contributed by atoms with Gasteiger partial charge in [0.15, 0.2) is 0 Å². The van der Waals surface area contributed by atoms with Crippen molar-refractivity contribution in [2.24, 2.45) is 16.3 Å². The molecule has 1 aliphatic rings. The van der Waals surface area contributed by atoms with E-state index >= 15 is 0 Å². The molecule has 2 atom stereocenters. The third-order valence-corrected chi connectivity index (χ3v) is 4.27. The maximum Gasteiger partial charge on any atom is 1.00 e. The molecular weight excluding hydrogens is 333 g/mol. The molecule has 2 unspecified atom stereocenters. The van der Waals surface area contributed by atoms with Crippen LogP contribution in [0.15, 0.2) is 29.3 Å². The fourth-order valence-corrected chi connectivity index (χ4v) is 2.79. The number of nitrogens with one attached hydrogen (secondary N) is 1. The Hall–Kier alpha value is -1.57. The normalized spacial score (nSPS) is 20.4. The average molecular weight is 357 g/mol. The van der Waals surface area contributed by atoms with Gasteiger partial charge < -0.3 is 21.3 Å². The van der Waals surface area contributed by atoms with Gasteiger partial charge in [-0.3, -0.25) is 9.59 Å². The van der Waals surface area contributed by atoms with E-state index in [1.807, 2.05) is 13.8 Å². The number of hydrogen-bond donors (Lipinski definition) is 3. The van der Waals surface area contributed by atoms with Crippen LogP contribution in [0.1, 0.15) is 40.0 Å². The minimum Gasteiger partial charge on any atom is -0.846 e. The zero-order valence-corrected chi connectivity index (χ0v) is 17.2. The number of aliphatic imine (C=N–C) groups is 1. The van der Waals surface area contributed by atoms with E-state index in [4.69, 9.17) is 10.8 Å². The van der Waals surface area contributed by atoms with Gasteiger partial charge in [0.05, 0.1) is 11.7 Å². The number of anilines is 1. The van der Waals surface area contributed by atoms with Crippen LogP contribution in [0, 0.1) is 11.3 Å². The van der Waals surface area contributed by atoms with Crippen LogP contribution in [-0.2, 0) is 9.59 Å². The third-order valence-electron chi connectivity index (χ3n) is 4.27. The predicted octanol–water partition coefficient (Wildman–Crippen LogP) is -1.83. The van der Waals surface area contributed by atoms with Gasteiger partial charge in [0, 0.05) is 0 Å². The Morgan fingerprint density at radius 3 is 2.32 bits per heavy atom. The van der Waals surface area contributed by atoms with Crippen LogP contribution in [0.4, 0.5) is 5.69 Å². The van der Waals surface area contributed by atoms with Gasteiger partial charge in [-0.2, -0.15) is 0 Å². The number of carbonyl (C=O) groups is 2. The van der Waals surface area contributed by atoms with Crippen LogP contribution in [-0.4, -0.2) is 22.9 Å². The summed E-state index contributed by atoms with van der Waals surface area (Å²) in [4.78, 5) is 27.1. The minimum atomic E-state index is -1.15. The van der Waals surface area contributed by atoms with Crippen LogP contribution < -0.4 is 45.7 Å². The van der Waals surface area contributed by atoms with Crippen molar-refractivity contribution in [3.63, 3.8) is 0 Å². The number of aromatic hydroxyl groups is 1. The summed E-state index contributed by atoms with van der Waals surface area (Å²) in [5.74, 6) is -1.05. The molecule has 1 aliphatic heterocycles. The molecule has 0 saturated carbocycles. The van der Waals surface area contributed by atoms with Crippen molar-refractivity contribution < 1.29 is 49.4 Å². The molecular formula is C17H24N3NaO4. The molecule has 0 radical (unpaired) electrons. The Balaban J connectivity index is 0.000000540. The Morgan fingerprint density at radius 1 is 1.32 bits per heavy atom. The van der Waals surface area contributed by atoms with Crippen LogP contribution in [0.2, 0.25) is 0 Å². The van der Waals surface area contributed by atoms with Crippen molar-refractivity contribution in [3.05, 3.63) is 24.3 Å². The smallest absolute Gasteiger partial charge is 0.846 e. The molecule has 0 bridgehead atoms. The van der Waals surface area contributed by atoms with E-state index in [9.17, 15) is 14.7 Å². The van der Waals surface area contributed by atoms with Crippen molar-refractivity contribution in [2.75, 3.05) is 5.73 Å². The molecule has 8 heteroatoms. The average Bonchev–Trinajstić information content (AvgIpc) is 2.51. The molecule has 1 heterocycles. The molecule has 0 spiro atoms. The number of hydrogen-bond acceptors (Lipinski definition) is 5. The van der Waals surface area contributed by atoms with Gasteiger partial charge in [-0.1, -0.05) is 39.3 Å². The second-order valence-electron chi connectivity index (χ2n) is 5.75. The quantitative estimate of drug-likeness (QED) is 0.253. The summed E-state index contributed by atoms with van der Waals surface area (Å²) in [6.45, 7) is 5.62. The summed E-state index contributed by atoms with van der Waals surface area (Å²) < 4.78 is 0. The van der Waals surface area contributed by atoms with E-state index in [2.05, 4.69) is 10.3 Å². The molecule has 0 saturated heterocycles. The van der Waals surface area contributed by atoms with Gasteiger partial charge in [-0.15, -0.1) is 0 Å². The van der Waals surface area contributed by atoms with Crippen molar-refractivity contribution in [2.45, 2.75) is 40.0 Å². The largest absolute Gasteiger partial charge is 1.00 e. The van der Waals surface area contributed by atoms with E-state index in [1.54, 1.807) is 31.2 Å². The number of nitrogen functional groups attached to an aromatic ring is 1. The van der Waals surface area contributed by atoms with E-state index in [1.165, 1.54) is 0 Å². The maximum atomic E-state index is 11.9. The van der Waals surface area contributed by atoms with Crippen molar-refractivity contribution in [3.8, 4) is 5.75 Å². The Bertz CT molecular complexity index is 615. The maximum absolute atomic E-state index is 11.9. The topological polar surface area (TPSA) is 128 Å². The van der Waals surface area contributed by atoms with E-state index in [-0.39, 0.29) is 41.2 Å². The number of amidine groups is 1. The standard InChI is InChI=1S/C11H18N2O3.C6H7NO.Na/c1-4-6-7(3)11(5-2)8(14)12-10(16)13-9(11)15;7-5-3-1-2-4-6(5)8;/h7H,4-6H2,1-3H3,(H2,12,13,14,15,16);1-4,8H,7H2;/q;;+1/p-1. The van der Waals surface area contributed by atoms with Crippen molar-refractivity contribution in [1.82, 2.24) is 5.32 Å². The molecule has 0 aliphatic carbocycles. The monoisotopic (exact) mass is 357 g/mol. The van der Waals surface area contributed by atoms with Crippen LogP contribution in [0.25, 0.3) is 0 Å². The molecule has 7 nitrogen and oxygen atoms in total. The summed E-state index contributed by atoms with van der Waals surface area (Å²) in [5, 5.41) is 21.9. The summed E-state index contributed by atoms with van der Waals surface area (Å²) >= 11 is 0. The molecule has 0 fully saturated rings. The van der Waals surface area contributed by atoms with Crippen LogP contribution in [0.3, 0.4) is 0 Å². The van der Waals surface area contributed by atoms with Crippen LogP contribution in [0.5, 0.6) is 5.75 Å². The molecule has 2 amide bonds.